The standard InChI is InChI=1S/C63H45O6S.CHF3O3S/c64-61(37-58-52-19-7-1-13-46(52)47-14-2-8-20-53(47)58)67-40-25-31-43(32-26-40)70(44-33-27-41(28-34-44)68-62(65)38-59-54-21-9-3-15-48(54)49-16-4-10-22-55(49)59)45-35-29-42(30-36-45)69-63(66)39-60-56-23-11-5-17-50(56)51-18-6-12-24-57(51)60;2-1(3,4)8(5,6)7/h1-36,58-60H,37-39H2;(H,5,6,7)/q+1;/p-1. The van der Waals surface area contributed by atoms with Crippen molar-refractivity contribution in [2.75, 3.05) is 0 Å². The van der Waals surface area contributed by atoms with E-state index in [1.54, 1.807) is 0 Å². The van der Waals surface area contributed by atoms with Crippen LogP contribution in [0.4, 0.5) is 13.2 Å². The van der Waals surface area contributed by atoms with Crippen molar-refractivity contribution in [1.29, 1.82) is 0 Å². The van der Waals surface area contributed by atoms with Crippen LogP contribution in [0.5, 0.6) is 17.2 Å². The summed E-state index contributed by atoms with van der Waals surface area (Å²) in [5.41, 5.74) is 8.13. The number of hydrogen-bond donors (Lipinski definition) is 0. The highest BCUT2D eigenvalue weighted by molar-refractivity contribution is 7.97. The van der Waals surface area contributed by atoms with Crippen LogP contribution in [0.1, 0.15) is 70.4 Å². The smallest absolute Gasteiger partial charge is 0.485 e. The Bertz CT molecular complexity index is 3360. The van der Waals surface area contributed by atoms with E-state index in [2.05, 4.69) is 72.8 Å². The Labute approximate surface area is 451 Å². The van der Waals surface area contributed by atoms with Gasteiger partial charge in [-0.05, 0) is 140 Å². The first-order valence-corrected chi connectivity index (χ1v) is 27.5. The predicted molar refractivity (Wildman–Crippen MR) is 289 cm³/mol. The van der Waals surface area contributed by atoms with Crippen LogP contribution in [-0.2, 0) is 35.4 Å². The number of esters is 3. The molecule has 0 saturated heterocycles. The molecule has 388 valence electrons. The molecule has 12 rings (SSSR count). The van der Waals surface area contributed by atoms with Crippen LogP contribution in [0.15, 0.2) is 233 Å². The molecule has 0 fully saturated rings. The summed E-state index contributed by atoms with van der Waals surface area (Å²) < 4.78 is 76.9. The van der Waals surface area contributed by atoms with E-state index in [0.717, 1.165) is 81.4 Å². The molecule has 9 nitrogen and oxygen atoms in total. The van der Waals surface area contributed by atoms with Crippen molar-refractivity contribution in [1.82, 2.24) is 0 Å². The van der Waals surface area contributed by atoms with Gasteiger partial charge in [0.1, 0.15) is 17.2 Å². The van der Waals surface area contributed by atoms with Crippen molar-refractivity contribution >= 4 is 38.9 Å². The second kappa shape index (κ2) is 21.5. The van der Waals surface area contributed by atoms with Gasteiger partial charge in [-0.15, -0.1) is 0 Å². The zero-order valence-electron chi connectivity index (χ0n) is 41.3. The molecule has 78 heavy (non-hydrogen) atoms. The first-order valence-electron chi connectivity index (χ1n) is 24.9. The van der Waals surface area contributed by atoms with Crippen molar-refractivity contribution in [2.45, 2.75) is 57.2 Å². The highest BCUT2D eigenvalue weighted by Crippen LogP contribution is 2.49. The third-order valence-corrected chi connectivity index (χ3v) is 17.0. The van der Waals surface area contributed by atoms with Gasteiger partial charge in [0.25, 0.3) is 0 Å². The Morgan fingerprint density at radius 1 is 0.372 bits per heavy atom. The Balaban J connectivity index is 0.000000750. The molecule has 9 aromatic rings. The van der Waals surface area contributed by atoms with Crippen LogP contribution in [0.3, 0.4) is 0 Å². The van der Waals surface area contributed by atoms with Gasteiger partial charge in [0.15, 0.2) is 24.8 Å². The fraction of sp³-hybridized carbons (Fsp3) is 0.109. The first-order chi connectivity index (χ1) is 37.7. The van der Waals surface area contributed by atoms with Gasteiger partial charge in [-0.1, -0.05) is 146 Å². The summed E-state index contributed by atoms with van der Waals surface area (Å²) in [6.07, 6.45) is 0.656. The number of carbonyl (C=O) groups excluding carboxylic acids is 3. The molecule has 0 aliphatic heterocycles. The van der Waals surface area contributed by atoms with Crippen LogP contribution in [0.2, 0.25) is 0 Å². The van der Waals surface area contributed by atoms with E-state index in [-0.39, 0.29) is 54.9 Å². The molecule has 3 aliphatic carbocycles. The third kappa shape index (κ3) is 10.5. The van der Waals surface area contributed by atoms with Gasteiger partial charge in [0.05, 0.1) is 30.2 Å². The number of halogens is 3. The molecule has 0 radical (unpaired) electrons. The maximum atomic E-state index is 13.6. The van der Waals surface area contributed by atoms with E-state index in [1.165, 1.54) is 0 Å². The molecule has 0 heterocycles. The summed E-state index contributed by atoms with van der Waals surface area (Å²) >= 11 is 0. The summed E-state index contributed by atoms with van der Waals surface area (Å²) in [5, 5.41) is 0. The van der Waals surface area contributed by atoms with Crippen molar-refractivity contribution in [3.05, 3.63) is 252 Å². The molecule has 0 bridgehead atoms. The summed E-state index contributed by atoms with van der Waals surface area (Å²) in [4.78, 5) is 43.7. The zero-order valence-corrected chi connectivity index (χ0v) is 42.9. The lowest BCUT2D eigenvalue weighted by Gasteiger charge is -2.14. The highest BCUT2D eigenvalue weighted by atomic mass is 32.2. The average molecular weight is 1080 g/mol. The number of ether oxygens (including phenoxy) is 3. The summed E-state index contributed by atoms with van der Waals surface area (Å²) in [6.45, 7) is 0. The Morgan fingerprint density at radius 3 is 0.756 bits per heavy atom. The maximum absolute atomic E-state index is 13.6. The van der Waals surface area contributed by atoms with E-state index in [9.17, 15) is 27.6 Å². The third-order valence-electron chi connectivity index (χ3n) is 14.2. The van der Waals surface area contributed by atoms with E-state index < -0.39 is 26.5 Å². The minimum atomic E-state index is -6.09. The number of carbonyl (C=O) groups is 3. The largest absolute Gasteiger partial charge is 0.741 e. The molecule has 0 amide bonds. The fourth-order valence-corrected chi connectivity index (χ4v) is 12.8. The molecule has 0 N–H and O–H groups in total. The monoisotopic (exact) mass is 1080 g/mol. The molecule has 3 aliphatic rings. The molecule has 0 spiro atoms. The predicted octanol–water partition coefficient (Wildman–Crippen LogP) is 14.2. The molecule has 0 atom stereocenters. The van der Waals surface area contributed by atoms with Gasteiger partial charge in [-0.2, -0.15) is 13.2 Å². The summed E-state index contributed by atoms with van der Waals surface area (Å²) in [7, 11) is -6.75. The molecular formula is C64H45F3O9S2. The molecule has 9 aromatic carbocycles. The van der Waals surface area contributed by atoms with Gasteiger partial charge in [0.2, 0.25) is 0 Å². The Hall–Kier alpha value is -8.56. The first kappa shape index (κ1) is 51.5. The minimum absolute atomic E-state index is 0.0816. The molecule has 0 unspecified atom stereocenters. The van der Waals surface area contributed by atoms with Gasteiger partial charge in [0, 0.05) is 17.8 Å². The number of rotatable bonds is 12. The SMILES string of the molecule is O=C(CC1c2ccccc2-c2ccccc21)Oc1ccc([S+](c2ccc(OC(=O)CC3c4ccccc4-c4ccccc43)cc2)c2ccc(OC(=O)CC3c4ccccc4-c4ccccc43)cc2)cc1.O=S(=O)([O-])C(F)(F)F. The maximum Gasteiger partial charge on any atom is 0.485 e. The average Bonchev–Trinajstić information content (AvgIpc) is 4.18. The van der Waals surface area contributed by atoms with Crippen LogP contribution in [0, 0.1) is 0 Å². The van der Waals surface area contributed by atoms with Crippen LogP contribution >= 0.6 is 0 Å². The van der Waals surface area contributed by atoms with Crippen molar-refractivity contribution < 1.29 is 54.7 Å². The number of hydrogen-bond acceptors (Lipinski definition) is 9. The normalized spacial score (nSPS) is 13.2. The molecule has 14 heteroatoms. The van der Waals surface area contributed by atoms with Crippen LogP contribution in [-0.4, -0.2) is 36.4 Å². The van der Waals surface area contributed by atoms with E-state index in [0.29, 0.717) is 17.2 Å². The topological polar surface area (TPSA) is 136 Å². The summed E-state index contributed by atoms with van der Waals surface area (Å²) in [5.74, 6) is 0.221. The second-order valence-corrected chi connectivity index (χ2v) is 22.2. The lowest BCUT2D eigenvalue weighted by Crippen LogP contribution is -2.21. The number of fused-ring (bicyclic) bond motifs is 9. The van der Waals surface area contributed by atoms with Gasteiger partial charge in [-0.3, -0.25) is 14.4 Å². The van der Waals surface area contributed by atoms with Crippen LogP contribution in [0.25, 0.3) is 33.4 Å². The quantitative estimate of drug-likeness (QED) is 0.0385. The van der Waals surface area contributed by atoms with Crippen molar-refractivity contribution in [3.63, 3.8) is 0 Å². The highest BCUT2D eigenvalue weighted by Gasteiger charge is 2.37. The van der Waals surface area contributed by atoms with Gasteiger partial charge >= 0.3 is 23.4 Å². The second-order valence-electron chi connectivity index (χ2n) is 18.8. The molecule has 0 aromatic heterocycles. The molecule has 0 saturated carbocycles. The molecular weight excluding hydrogens is 1030 g/mol. The fourth-order valence-electron chi connectivity index (χ4n) is 10.8. The summed E-state index contributed by atoms with van der Waals surface area (Å²) in [6, 6.07) is 72.5. The minimum Gasteiger partial charge on any atom is -0.741 e. The number of benzene rings is 9. The Kier molecular flexibility index (Phi) is 14.2. The lowest BCUT2D eigenvalue weighted by atomic mass is 9.94. The van der Waals surface area contributed by atoms with Crippen LogP contribution < -0.4 is 14.2 Å². The van der Waals surface area contributed by atoms with Gasteiger partial charge < -0.3 is 18.8 Å². The zero-order chi connectivity index (χ0) is 54.1. The van der Waals surface area contributed by atoms with Crippen molar-refractivity contribution in [3.8, 4) is 50.6 Å². The number of alkyl halides is 3. The Morgan fingerprint density at radius 2 is 0.564 bits per heavy atom. The van der Waals surface area contributed by atoms with E-state index in [4.69, 9.17) is 27.2 Å². The lowest BCUT2D eigenvalue weighted by molar-refractivity contribution is -0.135. The van der Waals surface area contributed by atoms with E-state index in [1.807, 2.05) is 146 Å². The van der Waals surface area contributed by atoms with Gasteiger partial charge in [-0.25, -0.2) is 8.42 Å². The van der Waals surface area contributed by atoms with E-state index >= 15 is 0 Å². The van der Waals surface area contributed by atoms with Crippen molar-refractivity contribution in [2.24, 2.45) is 0 Å².